The lowest BCUT2D eigenvalue weighted by atomic mass is 9.82. The Labute approximate surface area is 81.2 Å². The van der Waals surface area contributed by atoms with Gasteiger partial charge in [0.2, 0.25) is 0 Å². The van der Waals surface area contributed by atoms with Gasteiger partial charge in [0.15, 0.2) is 0 Å². The lowest BCUT2D eigenvalue weighted by Gasteiger charge is -2.21. The second kappa shape index (κ2) is 4.08. The molecule has 0 aliphatic heterocycles. The fourth-order valence-corrected chi connectivity index (χ4v) is 1.60. The Morgan fingerprint density at radius 1 is 1.46 bits per heavy atom. The Kier molecular flexibility index (Phi) is 3.29. The maximum Gasteiger partial charge on any atom is 0.138 e. The number of ketones is 1. The van der Waals surface area contributed by atoms with E-state index < -0.39 is 0 Å². The zero-order valence-corrected chi connectivity index (χ0v) is 8.97. The second-order valence-electron chi connectivity index (χ2n) is 5.00. The third kappa shape index (κ3) is 3.33. The highest BCUT2D eigenvalue weighted by atomic mass is 16.1. The molecule has 1 aliphatic carbocycles. The van der Waals surface area contributed by atoms with E-state index in [4.69, 9.17) is 0 Å². The van der Waals surface area contributed by atoms with Crippen LogP contribution in [0.4, 0.5) is 0 Å². The quantitative estimate of drug-likeness (QED) is 0.596. The zero-order chi connectivity index (χ0) is 9.90. The van der Waals surface area contributed by atoms with Crippen molar-refractivity contribution in [3.63, 3.8) is 0 Å². The molecule has 0 radical (unpaired) electrons. The maximum absolute atomic E-state index is 11.7. The van der Waals surface area contributed by atoms with Crippen molar-refractivity contribution in [2.45, 2.75) is 46.5 Å². The summed E-state index contributed by atoms with van der Waals surface area (Å²) in [6.45, 7) is 6.01. The summed E-state index contributed by atoms with van der Waals surface area (Å²) in [6, 6.07) is 0. The molecule has 1 heteroatoms. The van der Waals surface area contributed by atoms with Crippen LogP contribution in [0.15, 0.2) is 12.2 Å². The minimum atomic E-state index is -0.161. The first-order valence-electron chi connectivity index (χ1n) is 5.20. The predicted octanol–water partition coefficient (Wildman–Crippen LogP) is 3.35. The van der Waals surface area contributed by atoms with Crippen LogP contribution in [-0.2, 0) is 4.79 Å². The number of hydrogen-bond donors (Lipinski definition) is 0. The number of carbonyl (C=O) groups is 1. The van der Waals surface area contributed by atoms with Gasteiger partial charge in [0.1, 0.15) is 5.78 Å². The lowest BCUT2D eigenvalue weighted by molar-refractivity contribution is -0.127. The summed E-state index contributed by atoms with van der Waals surface area (Å²) >= 11 is 0. The van der Waals surface area contributed by atoms with Crippen LogP contribution in [0.2, 0.25) is 0 Å². The molecule has 13 heavy (non-hydrogen) atoms. The van der Waals surface area contributed by atoms with Crippen molar-refractivity contribution >= 4 is 5.78 Å². The molecular weight excluding hydrogens is 160 g/mol. The first kappa shape index (κ1) is 10.5. The SMILES string of the molecule is CC(C)(C)C(=O)CC1C=CCCC1. The fraction of sp³-hybridized carbons (Fsp3) is 0.750. The molecule has 0 heterocycles. The fourth-order valence-electron chi connectivity index (χ4n) is 1.60. The molecule has 0 saturated carbocycles. The summed E-state index contributed by atoms with van der Waals surface area (Å²) in [4.78, 5) is 11.7. The van der Waals surface area contributed by atoms with Crippen LogP contribution < -0.4 is 0 Å². The molecule has 0 spiro atoms. The van der Waals surface area contributed by atoms with Gasteiger partial charge in [0.25, 0.3) is 0 Å². The zero-order valence-electron chi connectivity index (χ0n) is 8.97. The first-order chi connectivity index (χ1) is 6.00. The van der Waals surface area contributed by atoms with Crippen LogP contribution in [0.1, 0.15) is 46.5 Å². The molecule has 1 rings (SSSR count). The summed E-state index contributed by atoms with van der Waals surface area (Å²) in [7, 11) is 0. The van der Waals surface area contributed by atoms with Gasteiger partial charge in [-0.25, -0.2) is 0 Å². The van der Waals surface area contributed by atoms with Crippen LogP contribution in [0.5, 0.6) is 0 Å². The Hall–Kier alpha value is -0.590. The second-order valence-corrected chi connectivity index (χ2v) is 5.00. The van der Waals surface area contributed by atoms with Crippen molar-refractivity contribution in [3.05, 3.63) is 12.2 Å². The van der Waals surface area contributed by atoms with Gasteiger partial charge in [-0.3, -0.25) is 4.79 Å². The van der Waals surface area contributed by atoms with E-state index in [0.717, 1.165) is 6.42 Å². The number of rotatable bonds is 2. The van der Waals surface area contributed by atoms with E-state index in [9.17, 15) is 4.79 Å². The number of carbonyl (C=O) groups excluding carboxylic acids is 1. The molecule has 1 unspecified atom stereocenters. The molecule has 0 aromatic carbocycles. The van der Waals surface area contributed by atoms with Gasteiger partial charge in [-0.05, 0) is 25.2 Å². The molecule has 0 saturated heterocycles. The van der Waals surface area contributed by atoms with Crippen molar-refractivity contribution in [1.82, 2.24) is 0 Å². The molecule has 1 atom stereocenters. The van der Waals surface area contributed by atoms with Crippen LogP contribution >= 0.6 is 0 Å². The Balaban J connectivity index is 2.44. The average molecular weight is 180 g/mol. The van der Waals surface area contributed by atoms with E-state index in [0.29, 0.717) is 11.7 Å². The van der Waals surface area contributed by atoms with Gasteiger partial charge in [0, 0.05) is 11.8 Å². The molecule has 1 nitrogen and oxygen atoms in total. The van der Waals surface area contributed by atoms with Gasteiger partial charge in [0.05, 0.1) is 0 Å². The molecule has 0 bridgehead atoms. The minimum Gasteiger partial charge on any atom is -0.299 e. The van der Waals surface area contributed by atoms with Gasteiger partial charge in [-0.2, -0.15) is 0 Å². The lowest BCUT2D eigenvalue weighted by Crippen LogP contribution is -2.22. The molecular formula is C12H20O. The number of hydrogen-bond acceptors (Lipinski definition) is 1. The monoisotopic (exact) mass is 180 g/mol. The highest BCUT2D eigenvalue weighted by Crippen LogP contribution is 2.25. The number of allylic oxidation sites excluding steroid dienone is 2. The van der Waals surface area contributed by atoms with Crippen molar-refractivity contribution in [3.8, 4) is 0 Å². The van der Waals surface area contributed by atoms with Gasteiger partial charge in [-0.15, -0.1) is 0 Å². The molecule has 0 amide bonds. The summed E-state index contributed by atoms with van der Waals surface area (Å²) in [5.41, 5.74) is -0.161. The normalized spacial score (nSPS) is 23.2. The highest BCUT2D eigenvalue weighted by Gasteiger charge is 2.23. The minimum absolute atomic E-state index is 0.161. The van der Waals surface area contributed by atoms with Crippen LogP contribution in [0.3, 0.4) is 0 Å². The third-order valence-corrected chi connectivity index (χ3v) is 2.64. The highest BCUT2D eigenvalue weighted by molar-refractivity contribution is 5.84. The summed E-state index contributed by atoms with van der Waals surface area (Å²) < 4.78 is 0. The Bertz CT molecular complexity index is 208. The summed E-state index contributed by atoms with van der Waals surface area (Å²) in [6.07, 6.45) is 8.80. The van der Waals surface area contributed by atoms with E-state index in [1.165, 1.54) is 19.3 Å². The van der Waals surface area contributed by atoms with Crippen LogP contribution in [0.25, 0.3) is 0 Å². The Morgan fingerprint density at radius 2 is 2.15 bits per heavy atom. The van der Waals surface area contributed by atoms with E-state index in [1.54, 1.807) is 0 Å². The topological polar surface area (TPSA) is 17.1 Å². The molecule has 0 fully saturated rings. The van der Waals surface area contributed by atoms with E-state index in [2.05, 4.69) is 12.2 Å². The first-order valence-corrected chi connectivity index (χ1v) is 5.20. The smallest absolute Gasteiger partial charge is 0.138 e. The van der Waals surface area contributed by atoms with Crippen LogP contribution in [-0.4, -0.2) is 5.78 Å². The molecule has 74 valence electrons. The number of Topliss-reactive ketones (excluding diaryl/α,β-unsaturated/α-hetero) is 1. The summed E-state index contributed by atoms with van der Waals surface area (Å²) in [5.74, 6) is 0.907. The molecule has 0 aromatic heterocycles. The predicted molar refractivity (Wildman–Crippen MR) is 55.6 cm³/mol. The molecule has 0 aromatic rings. The van der Waals surface area contributed by atoms with Gasteiger partial charge in [-0.1, -0.05) is 32.9 Å². The van der Waals surface area contributed by atoms with E-state index in [-0.39, 0.29) is 5.41 Å². The van der Waals surface area contributed by atoms with Crippen molar-refractivity contribution in [1.29, 1.82) is 0 Å². The Morgan fingerprint density at radius 3 is 2.62 bits per heavy atom. The van der Waals surface area contributed by atoms with Crippen LogP contribution in [0, 0.1) is 11.3 Å². The standard InChI is InChI=1S/C12H20O/c1-12(2,3)11(13)9-10-7-5-4-6-8-10/h5,7,10H,4,6,8-9H2,1-3H3. The van der Waals surface area contributed by atoms with E-state index >= 15 is 0 Å². The average Bonchev–Trinajstić information content (AvgIpc) is 2.04. The van der Waals surface area contributed by atoms with Gasteiger partial charge < -0.3 is 0 Å². The summed E-state index contributed by atoms with van der Waals surface area (Å²) in [5, 5.41) is 0. The maximum atomic E-state index is 11.7. The van der Waals surface area contributed by atoms with E-state index in [1.807, 2.05) is 20.8 Å². The van der Waals surface area contributed by atoms with Crippen molar-refractivity contribution in [2.24, 2.45) is 11.3 Å². The van der Waals surface area contributed by atoms with Gasteiger partial charge >= 0.3 is 0 Å². The van der Waals surface area contributed by atoms with Crippen molar-refractivity contribution < 1.29 is 4.79 Å². The van der Waals surface area contributed by atoms with Crippen molar-refractivity contribution in [2.75, 3.05) is 0 Å². The largest absolute Gasteiger partial charge is 0.299 e. The third-order valence-electron chi connectivity index (χ3n) is 2.64. The molecule has 1 aliphatic rings. The molecule has 0 N–H and O–H groups in total.